The molecule has 1 aromatic carbocycles. The number of hydrogen-bond acceptors (Lipinski definition) is 3. The Hall–Kier alpha value is -2.14. The maximum atomic E-state index is 5.99. The van der Waals surface area contributed by atoms with E-state index in [4.69, 9.17) is 23.1 Å². The van der Waals surface area contributed by atoms with Crippen LogP contribution in [0.15, 0.2) is 40.7 Å². The van der Waals surface area contributed by atoms with Crippen molar-refractivity contribution in [2.75, 3.05) is 0 Å². The zero-order valence-electron chi connectivity index (χ0n) is 8.84. The van der Waals surface area contributed by atoms with Crippen molar-refractivity contribution in [1.29, 1.82) is 0 Å². The summed E-state index contributed by atoms with van der Waals surface area (Å²) >= 11 is 5.99. The number of pyridine rings is 1. The van der Waals surface area contributed by atoms with Crippen molar-refractivity contribution in [1.82, 2.24) is 4.98 Å². The van der Waals surface area contributed by atoms with E-state index >= 15 is 0 Å². The Morgan fingerprint density at radius 1 is 1.35 bits per heavy atom. The molecule has 6 heteroatoms. The van der Waals surface area contributed by atoms with Gasteiger partial charge in [0.25, 0.3) is 0 Å². The van der Waals surface area contributed by atoms with E-state index in [0.29, 0.717) is 5.02 Å². The van der Waals surface area contributed by atoms with Crippen LogP contribution in [0.2, 0.25) is 5.02 Å². The summed E-state index contributed by atoms with van der Waals surface area (Å²) in [6.07, 6.45) is 3.22. The van der Waals surface area contributed by atoms with E-state index in [-0.39, 0.29) is 5.96 Å². The maximum absolute atomic E-state index is 5.99. The van der Waals surface area contributed by atoms with E-state index in [1.54, 1.807) is 12.3 Å². The summed E-state index contributed by atoms with van der Waals surface area (Å²) in [5.41, 5.74) is 11.9. The van der Waals surface area contributed by atoms with Gasteiger partial charge in [-0.15, -0.1) is 5.10 Å². The third-order valence-electron chi connectivity index (χ3n) is 2.07. The molecule has 0 aliphatic heterocycles. The number of benzene rings is 1. The van der Waals surface area contributed by atoms with Crippen LogP contribution in [0.5, 0.6) is 0 Å². The SMILES string of the molecule is NC(N)=NN=Cc1cc(Cl)cc2cccnc12. The van der Waals surface area contributed by atoms with Gasteiger partial charge >= 0.3 is 0 Å². The van der Waals surface area contributed by atoms with E-state index in [2.05, 4.69) is 15.2 Å². The fourth-order valence-electron chi connectivity index (χ4n) is 1.44. The van der Waals surface area contributed by atoms with Crippen molar-refractivity contribution in [3.05, 3.63) is 41.0 Å². The van der Waals surface area contributed by atoms with Crippen molar-refractivity contribution in [2.45, 2.75) is 0 Å². The third-order valence-corrected chi connectivity index (χ3v) is 2.29. The molecule has 0 bridgehead atoms. The highest BCUT2D eigenvalue weighted by atomic mass is 35.5. The Bertz CT molecular complexity index is 602. The predicted molar refractivity (Wildman–Crippen MR) is 70.2 cm³/mol. The molecule has 1 heterocycles. The van der Waals surface area contributed by atoms with Crippen molar-refractivity contribution in [3.63, 3.8) is 0 Å². The summed E-state index contributed by atoms with van der Waals surface area (Å²) in [4.78, 5) is 4.26. The van der Waals surface area contributed by atoms with Gasteiger partial charge in [0.05, 0.1) is 11.7 Å². The molecule has 86 valence electrons. The monoisotopic (exact) mass is 247 g/mol. The van der Waals surface area contributed by atoms with Crippen LogP contribution in [0, 0.1) is 0 Å². The Balaban J connectivity index is 2.52. The van der Waals surface area contributed by atoms with Crippen LogP contribution in [0.1, 0.15) is 5.56 Å². The average Bonchev–Trinajstić information content (AvgIpc) is 2.28. The van der Waals surface area contributed by atoms with E-state index in [0.717, 1.165) is 16.5 Å². The van der Waals surface area contributed by atoms with E-state index in [9.17, 15) is 0 Å². The summed E-state index contributed by atoms with van der Waals surface area (Å²) in [6.45, 7) is 0. The molecule has 0 aliphatic carbocycles. The molecule has 0 saturated heterocycles. The number of nitrogens with two attached hydrogens (primary N) is 2. The number of nitrogens with zero attached hydrogens (tertiary/aromatic N) is 3. The van der Waals surface area contributed by atoms with Gasteiger partial charge in [0, 0.05) is 22.2 Å². The molecule has 17 heavy (non-hydrogen) atoms. The van der Waals surface area contributed by atoms with Gasteiger partial charge in [0.15, 0.2) is 0 Å². The minimum Gasteiger partial charge on any atom is -0.369 e. The number of aromatic nitrogens is 1. The van der Waals surface area contributed by atoms with E-state index in [1.165, 1.54) is 6.21 Å². The van der Waals surface area contributed by atoms with Gasteiger partial charge in [-0.05, 0) is 18.2 Å². The van der Waals surface area contributed by atoms with Crippen LogP contribution in [-0.4, -0.2) is 17.2 Å². The summed E-state index contributed by atoms with van der Waals surface area (Å²) < 4.78 is 0. The smallest absolute Gasteiger partial charge is 0.211 e. The molecule has 0 aliphatic rings. The first-order valence-corrected chi connectivity index (χ1v) is 5.21. The number of fused-ring (bicyclic) bond motifs is 1. The van der Waals surface area contributed by atoms with Crippen LogP contribution in [0.4, 0.5) is 0 Å². The lowest BCUT2D eigenvalue weighted by Gasteiger charge is -2.01. The molecule has 0 fully saturated rings. The second-order valence-electron chi connectivity index (χ2n) is 3.34. The van der Waals surface area contributed by atoms with Gasteiger partial charge in [-0.3, -0.25) is 4.98 Å². The summed E-state index contributed by atoms with van der Waals surface area (Å²) in [7, 11) is 0. The molecule has 2 rings (SSSR count). The highest BCUT2D eigenvalue weighted by Crippen LogP contribution is 2.20. The van der Waals surface area contributed by atoms with Gasteiger partial charge in [-0.1, -0.05) is 17.7 Å². The minimum absolute atomic E-state index is 0.0967. The number of rotatable bonds is 2. The molecule has 5 nitrogen and oxygen atoms in total. The largest absolute Gasteiger partial charge is 0.369 e. The highest BCUT2D eigenvalue weighted by molar-refractivity contribution is 6.31. The molecular formula is C11H10ClN5. The fraction of sp³-hybridized carbons (Fsp3) is 0. The van der Waals surface area contributed by atoms with Gasteiger partial charge in [0.2, 0.25) is 5.96 Å². The Morgan fingerprint density at radius 3 is 2.94 bits per heavy atom. The Kier molecular flexibility index (Phi) is 3.20. The Morgan fingerprint density at radius 2 is 2.18 bits per heavy atom. The lowest BCUT2D eigenvalue weighted by Crippen LogP contribution is -2.21. The first-order chi connectivity index (χ1) is 8.16. The zero-order valence-corrected chi connectivity index (χ0v) is 9.59. The molecule has 0 amide bonds. The molecule has 2 aromatic rings. The van der Waals surface area contributed by atoms with Crippen molar-refractivity contribution < 1.29 is 0 Å². The molecule has 0 saturated carbocycles. The quantitative estimate of drug-likeness (QED) is 0.479. The lowest BCUT2D eigenvalue weighted by atomic mass is 10.1. The molecule has 4 N–H and O–H groups in total. The summed E-state index contributed by atoms with van der Waals surface area (Å²) in [6, 6.07) is 7.35. The minimum atomic E-state index is -0.0967. The van der Waals surface area contributed by atoms with Gasteiger partial charge in [0.1, 0.15) is 0 Å². The highest BCUT2D eigenvalue weighted by Gasteiger charge is 2.01. The standard InChI is InChI=1S/C11H10ClN5/c12-9-4-7-2-1-3-15-10(7)8(5-9)6-16-17-11(13)14/h1-6H,(H4,13,14,17). The maximum Gasteiger partial charge on any atom is 0.211 e. The third kappa shape index (κ3) is 2.70. The number of guanidine groups is 1. The number of hydrogen-bond donors (Lipinski definition) is 2. The van der Waals surface area contributed by atoms with Crippen LogP contribution in [0.25, 0.3) is 10.9 Å². The van der Waals surface area contributed by atoms with Crippen molar-refractivity contribution in [3.8, 4) is 0 Å². The van der Waals surface area contributed by atoms with Gasteiger partial charge in [-0.2, -0.15) is 5.10 Å². The first-order valence-electron chi connectivity index (χ1n) is 4.83. The topological polar surface area (TPSA) is 89.7 Å². The van der Waals surface area contributed by atoms with Gasteiger partial charge < -0.3 is 11.5 Å². The van der Waals surface area contributed by atoms with E-state index < -0.39 is 0 Å². The average molecular weight is 248 g/mol. The van der Waals surface area contributed by atoms with Crippen LogP contribution in [0.3, 0.4) is 0 Å². The van der Waals surface area contributed by atoms with E-state index in [1.807, 2.05) is 18.2 Å². The fourth-order valence-corrected chi connectivity index (χ4v) is 1.67. The summed E-state index contributed by atoms with van der Waals surface area (Å²) in [5.74, 6) is -0.0967. The second kappa shape index (κ2) is 4.80. The molecular weight excluding hydrogens is 238 g/mol. The zero-order chi connectivity index (χ0) is 12.3. The lowest BCUT2D eigenvalue weighted by molar-refractivity contribution is 1.21. The molecule has 1 aromatic heterocycles. The number of halogens is 1. The van der Waals surface area contributed by atoms with Crippen LogP contribution < -0.4 is 11.5 Å². The second-order valence-corrected chi connectivity index (χ2v) is 3.78. The van der Waals surface area contributed by atoms with Crippen LogP contribution in [-0.2, 0) is 0 Å². The summed E-state index contributed by atoms with van der Waals surface area (Å²) in [5, 5.41) is 8.82. The van der Waals surface area contributed by atoms with Crippen LogP contribution >= 0.6 is 11.6 Å². The normalized spacial score (nSPS) is 10.9. The van der Waals surface area contributed by atoms with Gasteiger partial charge in [-0.25, -0.2) is 0 Å². The first kappa shape index (κ1) is 11.3. The molecule has 0 atom stereocenters. The predicted octanol–water partition coefficient (Wildman–Crippen LogP) is 1.50. The van der Waals surface area contributed by atoms with Crippen molar-refractivity contribution >= 4 is 34.7 Å². The molecule has 0 spiro atoms. The molecule has 0 unspecified atom stereocenters. The Labute approximate surface area is 103 Å². The van der Waals surface area contributed by atoms with Crippen molar-refractivity contribution in [2.24, 2.45) is 21.7 Å². The molecule has 0 radical (unpaired) electrons.